The van der Waals surface area contributed by atoms with Gasteiger partial charge in [0.25, 0.3) is 11.4 Å². The number of carboxylic acids is 1. The van der Waals surface area contributed by atoms with E-state index < -0.39 is 39.3 Å². The third-order valence-corrected chi connectivity index (χ3v) is 3.38. The maximum atomic E-state index is 11.7. The van der Waals surface area contributed by atoms with Crippen LogP contribution in [0.25, 0.3) is 0 Å². The number of non-ortho nitro benzene ring substituents is 1. The molecule has 0 aliphatic carbocycles. The van der Waals surface area contributed by atoms with Gasteiger partial charge >= 0.3 is 12.1 Å². The van der Waals surface area contributed by atoms with E-state index in [0.29, 0.717) is 0 Å². The predicted octanol–water partition coefficient (Wildman–Crippen LogP) is 2.27. The molecule has 0 bridgehead atoms. The molecule has 0 aliphatic rings. The van der Waals surface area contributed by atoms with Crippen LogP contribution in [0, 0.1) is 26.1 Å². The molecule has 0 saturated carbocycles. The molecule has 0 aromatic heterocycles. The number of ether oxygens (including phenoxy) is 1. The summed E-state index contributed by atoms with van der Waals surface area (Å²) in [5.74, 6) is -1.15. The number of carboxylic acid groups (broad SMARTS) is 1. The van der Waals surface area contributed by atoms with E-state index in [0.717, 1.165) is 12.1 Å². The maximum Gasteiger partial charge on any atom is 0.407 e. The van der Waals surface area contributed by atoms with Gasteiger partial charge in [-0.25, -0.2) is 9.59 Å². The van der Waals surface area contributed by atoms with Crippen molar-refractivity contribution < 1.29 is 29.3 Å². The smallest absolute Gasteiger partial charge is 0.407 e. The molecule has 26 heavy (non-hydrogen) atoms. The normalized spacial score (nSPS) is 11.7. The molecule has 1 amide bonds. The molecule has 1 aromatic rings. The number of hydrogen-bond donors (Lipinski definition) is 2. The van der Waals surface area contributed by atoms with E-state index in [4.69, 9.17) is 9.84 Å². The van der Waals surface area contributed by atoms with Crippen molar-refractivity contribution in [2.75, 3.05) is 6.61 Å². The van der Waals surface area contributed by atoms with E-state index in [2.05, 4.69) is 5.32 Å². The maximum absolute atomic E-state index is 11.7. The van der Waals surface area contributed by atoms with Gasteiger partial charge < -0.3 is 15.2 Å². The van der Waals surface area contributed by atoms with E-state index in [1.807, 2.05) is 0 Å². The van der Waals surface area contributed by atoms with Crippen molar-refractivity contribution in [3.63, 3.8) is 0 Å². The van der Waals surface area contributed by atoms with E-state index in [1.54, 1.807) is 13.8 Å². The third kappa shape index (κ3) is 6.34. The summed E-state index contributed by atoms with van der Waals surface area (Å²) in [5.41, 5.74) is -0.714. The number of carbonyl (C=O) groups excluding carboxylic acids is 1. The highest BCUT2D eigenvalue weighted by atomic mass is 16.6. The lowest BCUT2D eigenvalue weighted by Crippen LogP contribution is -2.42. The number of aliphatic carboxylic acids is 1. The summed E-state index contributed by atoms with van der Waals surface area (Å²) < 4.78 is 4.85. The summed E-state index contributed by atoms with van der Waals surface area (Å²) in [4.78, 5) is 42.9. The Labute approximate surface area is 148 Å². The molecular weight excluding hydrogens is 350 g/mol. The zero-order valence-electron chi connectivity index (χ0n) is 14.2. The van der Waals surface area contributed by atoms with Crippen molar-refractivity contribution in [1.29, 1.82) is 0 Å². The number of hydrogen-bond acceptors (Lipinski definition) is 7. The molecule has 0 saturated heterocycles. The van der Waals surface area contributed by atoms with Gasteiger partial charge in [0, 0.05) is 18.1 Å². The van der Waals surface area contributed by atoms with Crippen LogP contribution in [-0.2, 0) is 16.0 Å². The van der Waals surface area contributed by atoms with Crippen molar-refractivity contribution in [2.45, 2.75) is 32.7 Å². The number of alkyl carbamates (subject to hydrolysis) is 1. The molecule has 0 unspecified atom stereocenters. The molecule has 1 rings (SSSR count). The fourth-order valence-corrected chi connectivity index (χ4v) is 2.18. The van der Waals surface area contributed by atoms with Crippen LogP contribution in [0.3, 0.4) is 0 Å². The molecule has 11 nitrogen and oxygen atoms in total. The first-order valence-electron chi connectivity index (χ1n) is 7.69. The molecule has 1 aromatic carbocycles. The molecule has 0 radical (unpaired) electrons. The average Bonchev–Trinajstić information content (AvgIpc) is 2.53. The molecule has 2 N–H and O–H groups in total. The lowest BCUT2D eigenvalue weighted by Gasteiger charge is -2.16. The van der Waals surface area contributed by atoms with Crippen molar-refractivity contribution in [1.82, 2.24) is 5.32 Å². The predicted molar refractivity (Wildman–Crippen MR) is 88.8 cm³/mol. The minimum absolute atomic E-state index is 0.0409. The Kier molecular flexibility index (Phi) is 7.44. The second-order valence-electron chi connectivity index (χ2n) is 5.88. The van der Waals surface area contributed by atoms with Crippen LogP contribution in [0.2, 0.25) is 0 Å². The molecule has 1 atom stereocenters. The Morgan fingerprint density at radius 2 is 1.88 bits per heavy atom. The van der Waals surface area contributed by atoms with Gasteiger partial charge in [-0.2, -0.15) is 0 Å². The second-order valence-corrected chi connectivity index (χ2v) is 5.88. The SMILES string of the molecule is CC(C)C[C@H](NC(=O)OCCc1ccc([N+](=O)[O-])cc1[N+](=O)[O-])C(=O)O. The third-order valence-electron chi connectivity index (χ3n) is 3.38. The van der Waals surface area contributed by atoms with Crippen LogP contribution in [0.5, 0.6) is 0 Å². The first kappa shape index (κ1) is 20.8. The van der Waals surface area contributed by atoms with Gasteiger partial charge in [0.2, 0.25) is 0 Å². The molecule has 0 fully saturated rings. The molecule has 0 spiro atoms. The monoisotopic (exact) mass is 369 g/mol. The van der Waals surface area contributed by atoms with Gasteiger partial charge in [-0.15, -0.1) is 0 Å². The van der Waals surface area contributed by atoms with Gasteiger partial charge in [0.05, 0.1) is 22.5 Å². The van der Waals surface area contributed by atoms with Crippen molar-refractivity contribution in [2.24, 2.45) is 5.92 Å². The molecule has 0 aliphatic heterocycles. The minimum atomic E-state index is -1.19. The van der Waals surface area contributed by atoms with Crippen LogP contribution in [-0.4, -0.2) is 39.7 Å². The van der Waals surface area contributed by atoms with E-state index in [9.17, 15) is 29.8 Å². The van der Waals surface area contributed by atoms with Crippen LogP contribution in [0.1, 0.15) is 25.8 Å². The van der Waals surface area contributed by atoms with E-state index >= 15 is 0 Å². The molecule has 142 valence electrons. The second kappa shape index (κ2) is 9.30. The van der Waals surface area contributed by atoms with Gasteiger partial charge in [0.1, 0.15) is 6.04 Å². The summed E-state index contributed by atoms with van der Waals surface area (Å²) in [6.45, 7) is 3.35. The lowest BCUT2D eigenvalue weighted by atomic mass is 10.0. The highest BCUT2D eigenvalue weighted by Crippen LogP contribution is 2.25. The van der Waals surface area contributed by atoms with Gasteiger partial charge in [-0.1, -0.05) is 13.8 Å². The fraction of sp³-hybridized carbons (Fsp3) is 0.467. The zero-order valence-corrected chi connectivity index (χ0v) is 14.2. The van der Waals surface area contributed by atoms with Gasteiger partial charge in [-0.05, 0) is 18.4 Å². The first-order valence-corrected chi connectivity index (χ1v) is 7.69. The Morgan fingerprint density at radius 1 is 1.23 bits per heavy atom. The minimum Gasteiger partial charge on any atom is -0.480 e. The highest BCUT2D eigenvalue weighted by molar-refractivity contribution is 5.79. The van der Waals surface area contributed by atoms with Gasteiger partial charge in [-0.3, -0.25) is 20.2 Å². The molecule has 11 heteroatoms. The topological polar surface area (TPSA) is 162 Å². The number of nitrogens with one attached hydrogen (secondary N) is 1. The van der Waals surface area contributed by atoms with Crippen LogP contribution < -0.4 is 5.32 Å². The number of nitrogens with zero attached hydrogens (tertiary/aromatic N) is 2. The number of benzene rings is 1. The quantitative estimate of drug-likeness (QED) is 0.494. The number of carbonyl (C=O) groups is 2. The molecular formula is C15H19N3O8. The van der Waals surface area contributed by atoms with E-state index in [1.165, 1.54) is 6.07 Å². The Hall–Kier alpha value is -3.24. The summed E-state index contributed by atoms with van der Waals surface area (Å²) in [6.07, 6.45) is -0.787. The molecule has 0 heterocycles. The lowest BCUT2D eigenvalue weighted by molar-refractivity contribution is -0.394. The van der Waals surface area contributed by atoms with Crippen LogP contribution >= 0.6 is 0 Å². The number of rotatable bonds is 9. The van der Waals surface area contributed by atoms with Gasteiger partial charge in [0.15, 0.2) is 0 Å². The Bertz CT molecular complexity index is 704. The number of amides is 1. The first-order chi connectivity index (χ1) is 12.1. The number of nitro groups is 2. The Balaban J connectivity index is 2.67. The summed E-state index contributed by atoms with van der Waals surface area (Å²) in [7, 11) is 0. The fourth-order valence-electron chi connectivity index (χ4n) is 2.18. The van der Waals surface area contributed by atoms with Crippen molar-refractivity contribution in [3.05, 3.63) is 44.0 Å². The largest absolute Gasteiger partial charge is 0.480 e. The number of nitro benzene ring substituents is 2. The summed E-state index contributed by atoms with van der Waals surface area (Å²) >= 11 is 0. The van der Waals surface area contributed by atoms with Crippen LogP contribution in [0.4, 0.5) is 16.2 Å². The Morgan fingerprint density at radius 3 is 2.38 bits per heavy atom. The summed E-state index contributed by atoms with van der Waals surface area (Å²) in [6, 6.07) is 2.07. The zero-order chi connectivity index (χ0) is 19.9. The van der Waals surface area contributed by atoms with Crippen molar-refractivity contribution >= 4 is 23.4 Å². The highest BCUT2D eigenvalue weighted by Gasteiger charge is 2.22. The summed E-state index contributed by atoms with van der Waals surface area (Å²) in [5, 5.41) is 33.0. The van der Waals surface area contributed by atoms with Crippen molar-refractivity contribution in [3.8, 4) is 0 Å². The average molecular weight is 369 g/mol. The standard InChI is InChI=1S/C15H19N3O8/c1-9(2)7-12(14(19)20)16-15(21)26-6-5-10-3-4-11(17(22)23)8-13(10)18(24)25/h3-4,8-9,12H,5-7H2,1-2H3,(H,16,21)(H,19,20)/t12-/m0/s1. The van der Waals surface area contributed by atoms with E-state index in [-0.39, 0.29) is 30.9 Å². The van der Waals surface area contributed by atoms with Crippen LogP contribution in [0.15, 0.2) is 18.2 Å².